The van der Waals surface area contributed by atoms with E-state index in [1.807, 2.05) is 18.2 Å². The minimum absolute atomic E-state index is 0.116. The van der Waals surface area contributed by atoms with Crippen LogP contribution in [0.4, 0.5) is 10.3 Å². The van der Waals surface area contributed by atoms with Crippen molar-refractivity contribution in [2.24, 2.45) is 0 Å². The fourth-order valence-corrected chi connectivity index (χ4v) is 3.86. The van der Waals surface area contributed by atoms with Crippen LogP contribution in [-0.2, 0) is 0 Å². The van der Waals surface area contributed by atoms with Gasteiger partial charge in [-0.15, -0.1) is 0 Å². The molecule has 1 fully saturated rings. The van der Waals surface area contributed by atoms with Crippen molar-refractivity contribution in [3.8, 4) is 0 Å². The van der Waals surface area contributed by atoms with E-state index >= 15 is 0 Å². The Labute approximate surface area is 164 Å². The van der Waals surface area contributed by atoms with Gasteiger partial charge in [0.05, 0.1) is 11.0 Å². The van der Waals surface area contributed by atoms with Crippen molar-refractivity contribution < 1.29 is 9.18 Å². The first-order valence-electron chi connectivity index (χ1n) is 9.81. The Bertz CT molecular complexity index is 972. The smallest absolute Gasteiger partial charge is 0.251 e. The number of rotatable bonds is 4. The van der Waals surface area contributed by atoms with Gasteiger partial charge in [0.15, 0.2) is 0 Å². The van der Waals surface area contributed by atoms with Crippen LogP contribution in [0.3, 0.4) is 0 Å². The maximum atomic E-state index is 13.0. The molecule has 0 saturated carbocycles. The molecule has 1 aliphatic rings. The van der Waals surface area contributed by atoms with E-state index < -0.39 is 0 Å². The summed E-state index contributed by atoms with van der Waals surface area (Å²) in [6.07, 6.45) is 1.71. The molecule has 1 N–H and O–H groups in total. The van der Waals surface area contributed by atoms with Gasteiger partial charge in [0.1, 0.15) is 5.82 Å². The summed E-state index contributed by atoms with van der Waals surface area (Å²) in [7, 11) is 0. The van der Waals surface area contributed by atoms with E-state index in [2.05, 4.69) is 34.7 Å². The summed E-state index contributed by atoms with van der Waals surface area (Å²) in [5, 5.41) is 3.08. The molecular formula is C22H25FN4O. The highest BCUT2D eigenvalue weighted by Crippen LogP contribution is 2.28. The minimum Gasteiger partial charge on any atom is -0.349 e. The van der Waals surface area contributed by atoms with E-state index in [1.54, 1.807) is 0 Å². The number of anilines is 1. The van der Waals surface area contributed by atoms with E-state index in [-0.39, 0.29) is 17.8 Å². The number of nitrogens with zero attached hydrogens (tertiary/aromatic N) is 3. The average molecular weight is 380 g/mol. The van der Waals surface area contributed by atoms with Crippen molar-refractivity contribution in [3.05, 3.63) is 59.9 Å². The van der Waals surface area contributed by atoms with Gasteiger partial charge in [0, 0.05) is 30.7 Å². The van der Waals surface area contributed by atoms with Crippen LogP contribution in [0.5, 0.6) is 0 Å². The molecule has 2 aromatic carbocycles. The molecule has 146 valence electrons. The van der Waals surface area contributed by atoms with E-state index in [4.69, 9.17) is 4.98 Å². The van der Waals surface area contributed by atoms with Crippen LogP contribution in [-0.4, -0.2) is 34.6 Å². The summed E-state index contributed by atoms with van der Waals surface area (Å²) in [5.41, 5.74) is 2.66. The molecule has 1 aromatic heterocycles. The molecule has 6 heteroatoms. The molecule has 0 unspecified atom stereocenters. The quantitative estimate of drug-likeness (QED) is 0.740. The van der Waals surface area contributed by atoms with Crippen molar-refractivity contribution in [1.82, 2.24) is 14.9 Å². The summed E-state index contributed by atoms with van der Waals surface area (Å²) in [5.74, 6) is 0.519. The molecule has 28 heavy (non-hydrogen) atoms. The van der Waals surface area contributed by atoms with Crippen LogP contribution in [0.1, 0.15) is 43.1 Å². The number of para-hydroxylation sites is 2. The van der Waals surface area contributed by atoms with E-state index in [0.29, 0.717) is 11.6 Å². The van der Waals surface area contributed by atoms with Gasteiger partial charge in [-0.1, -0.05) is 12.1 Å². The average Bonchev–Trinajstić information content (AvgIpc) is 3.09. The Kier molecular flexibility index (Phi) is 5.03. The molecular weight excluding hydrogens is 355 g/mol. The maximum Gasteiger partial charge on any atom is 0.251 e. The number of piperidine rings is 1. The molecule has 1 saturated heterocycles. The number of imidazole rings is 1. The first kappa shape index (κ1) is 18.5. The van der Waals surface area contributed by atoms with Crippen molar-refractivity contribution in [2.75, 3.05) is 18.0 Å². The largest absolute Gasteiger partial charge is 0.349 e. The van der Waals surface area contributed by atoms with Crippen molar-refractivity contribution >= 4 is 22.9 Å². The third kappa shape index (κ3) is 3.59. The molecule has 0 bridgehead atoms. The molecule has 2 heterocycles. The third-order valence-electron chi connectivity index (χ3n) is 5.31. The highest BCUT2D eigenvalue weighted by Gasteiger charge is 2.25. The van der Waals surface area contributed by atoms with Crippen LogP contribution >= 0.6 is 0 Å². The maximum absolute atomic E-state index is 13.0. The Hall–Kier alpha value is -2.89. The topological polar surface area (TPSA) is 50.2 Å². The molecule has 4 rings (SSSR count). The number of hydrogen-bond acceptors (Lipinski definition) is 3. The van der Waals surface area contributed by atoms with Crippen molar-refractivity contribution in [3.63, 3.8) is 0 Å². The predicted octanol–water partition coefficient (Wildman–Crippen LogP) is 4.16. The summed E-state index contributed by atoms with van der Waals surface area (Å²) in [6, 6.07) is 14.3. The highest BCUT2D eigenvalue weighted by atomic mass is 19.1. The highest BCUT2D eigenvalue weighted by molar-refractivity contribution is 5.94. The van der Waals surface area contributed by atoms with Gasteiger partial charge in [0.2, 0.25) is 5.95 Å². The van der Waals surface area contributed by atoms with E-state index in [1.165, 1.54) is 24.3 Å². The van der Waals surface area contributed by atoms with Gasteiger partial charge in [0.25, 0.3) is 5.91 Å². The number of aromatic nitrogens is 2. The van der Waals surface area contributed by atoms with Gasteiger partial charge in [-0.2, -0.15) is 0 Å². The van der Waals surface area contributed by atoms with Gasteiger partial charge in [-0.25, -0.2) is 9.37 Å². The predicted molar refractivity (Wildman–Crippen MR) is 109 cm³/mol. The number of carbonyl (C=O) groups excluding carboxylic acids is 1. The number of carbonyl (C=O) groups is 1. The lowest BCUT2D eigenvalue weighted by Gasteiger charge is -2.34. The number of halogens is 1. The number of benzene rings is 2. The molecule has 5 nitrogen and oxygen atoms in total. The lowest BCUT2D eigenvalue weighted by molar-refractivity contribution is 0.0931. The molecule has 0 aliphatic carbocycles. The minimum atomic E-state index is -0.335. The third-order valence-corrected chi connectivity index (χ3v) is 5.31. The van der Waals surface area contributed by atoms with Crippen LogP contribution in [0.25, 0.3) is 11.0 Å². The molecule has 3 aromatic rings. The number of amides is 1. The first-order valence-corrected chi connectivity index (χ1v) is 9.81. The lowest BCUT2D eigenvalue weighted by atomic mass is 10.0. The van der Waals surface area contributed by atoms with Gasteiger partial charge >= 0.3 is 0 Å². The second-order valence-corrected chi connectivity index (χ2v) is 7.61. The fourth-order valence-electron chi connectivity index (χ4n) is 3.86. The lowest BCUT2D eigenvalue weighted by Crippen LogP contribution is -2.45. The van der Waals surface area contributed by atoms with Gasteiger partial charge < -0.3 is 14.8 Å². The molecule has 0 radical (unpaired) electrons. The Balaban J connectivity index is 1.44. The normalized spacial score (nSPS) is 15.4. The number of nitrogens with one attached hydrogen (secondary N) is 1. The zero-order valence-corrected chi connectivity index (χ0v) is 16.2. The first-order chi connectivity index (χ1) is 13.5. The molecule has 0 spiro atoms. The van der Waals surface area contributed by atoms with Gasteiger partial charge in [-0.3, -0.25) is 4.79 Å². The molecule has 0 atom stereocenters. The van der Waals surface area contributed by atoms with Crippen LogP contribution in [0, 0.1) is 5.82 Å². The molecule has 1 amide bonds. The SMILES string of the molecule is CC(C)n1c(N2CCC(NC(=O)c3ccc(F)cc3)CC2)nc2ccccc21. The monoisotopic (exact) mass is 380 g/mol. The number of fused-ring (bicyclic) bond motifs is 1. The molecule has 1 aliphatic heterocycles. The van der Waals surface area contributed by atoms with E-state index in [9.17, 15) is 9.18 Å². The Morgan fingerprint density at radius 2 is 1.79 bits per heavy atom. The fraction of sp³-hybridized carbons (Fsp3) is 0.364. The summed E-state index contributed by atoms with van der Waals surface area (Å²) in [4.78, 5) is 19.5. The summed E-state index contributed by atoms with van der Waals surface area (Å²) in [6.45, 7) is 6.02. The van der Waals surface area contributed by atoms with Crippen molar-refractivity contribution in [1.29, 1.82) is 0 Å². The standard InChI is InChI=1S/C22H25FN4O/c1-15(2)27-20-6-4-3-5-19(20)25-22(27)26-13-11-18(12-14-26)24-21(28)16-7-9-17(23)10-8-16/h3-10,15,18H,11-14H2,1-2H3,(H,24,28). The zero-order valence-electron chi connectivity index (χ0n) is 16.2. The van der Waals surface area contributed by atoms with E-state index in [0.717, 1.165) is 42.9 Å². The van der Waals surface area contributed by atoms with Crippen LogP contribution in [0.2, 0.25) is 0 Å². The van der Waals surface area contributed by atoms with Crippen LogP contribution < -0.4 is 10.2 Å². The zero-order chi connectivity index (χ0) is 19.7. The Morgan fingerprint density at radius 3 is 2.46 bits per heavy atom. The summed E-state index contributed by atoms with van der Waals surface area (Å²) >= 11 is 0. The summed E-state index contributed by atoms with van der Waals surface area (Å²) < 4.78 is 15.3. The second kappa shape index (κ2) is 7.62. The van der Waals surface area contributed by atoms with Crippen molar-refractivity contribution in [2.45, 2.75) is 38.8 Å². The Morgan fingerprint density at radius 1 is 1.11 bits per heavy atom. The van der Waals surface area contributed by atoms with Crippen LogP contribution in [0.15, 0.2) is 48.5 Å². The van der Waals surface area contributed by atoms with Gasteiger partial charge in [-0.05, 0) is 63.1 Å². The second-order valence-electron chi connectivity index (χ2n) is 7.61. The number of hydrogen-bond donors (Lipinski definition) is 1.